The molecular weight excluding hydrogens is 466 g/mol. The molecule has 0 aliphatic rings. The summed E-state index contributed by atoms with van der Waals surface area (Å²) >= 11 is 5.87. The van der Waals surface area contributed by atoms with Crippen molar-refractivity contribution in [3.63, 3.8) is 0 Å². The van der Waals surface area contributed by atoms with Crippen LogP contribution in [0.5, 0.6) is 0 Å². The van der Waals surface area contributed by atoms with Crippen LogP contribution in [-0.2, 0) is 9.59 Å². The smallest absolute Gasteiger partial charge is 0.329 e. The number of carbonyl (C=O) groups excluding carboxylic acids is 3. The Balaban J connectivity index is 1.59. The van der Waals surface area contributed by atoms with Crippen LogP contribution in [0.25, 0.3) is 0 Å². The molecule has 0 heterocycles. The van der Waals surface area contributed by atoms with E-state index in [0.717, 1.165) is 24.3 Å². The fraction of sp³-hybridized carbons (Fsp3) is 0.154. The van der Waals surface area contributed by atoms with Crippen molar-refractivity contribution >= 4 is 52.6 Å². The molecule has 0 aliphatic heterocycles. The van der Waals surface area contributed by atoms with E-state index in [1.54, 1.807) is 42.5 Å². The molecule has 0 fully saturated rings. The summed E-state index contributed by atoms with van der Waals surface area (Å²) in [6.45, 7) is 5.98. The highest BCUT2D eigenvalue weighted by Crippen LogP contribution is 2.19. The molecule has 3 amide bonds. The van der Waals surface area contributed by atoms with Crippen molar-refractivity contribution in [2.24, 2.45) is 5.10 Å². The Labute approximate surface area is 209 Å². The SMILES string of the molecule is CCN(CC)c1ccc(/C=N\NC(=O)C(=O)Nc2ccccc2C(=O)Nc2ccc(Cl)cc2)cc1. The summed E-state index contributed by atoms with van der Waals surface area (Å²) < 4.78 is 0. The molecule has 0 aliphatic carbocycles. The zero-order valence-corrected chi connectivity index (χ0v) is 20.2. The van der Waals surface area contributed by atoms with Gasteiger partial charge < -0.3 is 15.5 Å². The van der Waals surface area contributed by atoms with E-state index in [0.29, 0.717) is 10.7 Å². The van der Waals surface area contributed by atoms with Gasteiger partial charge in [-0.25, -0.2) is 5.43 Å². The molecule has 0 bridgehead atoms. The molecule has 35 heavy (non-hydrogen) atoms. The summed E-state index contributed by atoms with van der Waals surface area (Å²) in [5, 5.41) is 9.57. The number of nitrogens with one attached hydrogen (secondary N) is 3. The van der Waals surface area contributed by atoms with Crippen molar-refractivity contribution in [2.75, 3.05) is 28.6 Å². The summed E-state index contributed by atoms with van der Waals surface area (Å²) in [4.78, 5) is 39.5. The predicted octanol–water partition coefficient (Wildman–Crippen LogP) is 4.53. The Morgan fingerprint density at radius 2 is 1.51 bits per heavy atom. The van der Waals surface area contributed by atoms with Crippen LogP contribution in [0.1, 0.15) is 29.8 Å². The summed E-state index contributed by atoms with van der Waals surface area (Å²) in [5.74, 6) is -2.37. The first-order valence-electron chi connectivity index (χ1n) is 11.1. The Bertz CT molecular complexity index is 1210. The lowest BCUT2D eigenvalue weighted by Crippen LogP contribution is -2.33. The second-order valence-electron chi connectivity index (χ2n) is 7.42. The molecule has 3 aromatic rings. The molecule has 3 N–H and O–H groups in total. The number of hydrogen-bond acceptors (Lipinski definition) is 5. The third-order valence-corrected chi connectivity index (χ3v) is 5.38. The minimum absolute atomic E-state index is 0.190. The second-order valence-corrected chi connectivity index (χ2v) is 7.86. The standard InChI is InChI=1S/C26H26ClN5O3/c1-3-32(4-2)21-15-9-18(10-16-21)17-28-31-26(35)25(34)30-23-8-6-5-7-22(23)24(33)29-20-13-11-19(27)12-14-20/h5-17H,3-4H2,1-2H3,(H,29,33)(H,30,34)(H,31,35)/b28-17-. The maximum Gasteiger partial charge on any atom is 0.329 e. The number of para-hydroxylation sites is 1. The molecule has 8 nitrogen and oxygen atoms in total. The van der Waals surface area contributed by atoms with Gasteiger partial charge in [0.25, 0.3) is 5.91 Å². The zero-order valence-electron chi connectivity index (χ0n) is 19.4. The van der Waals surface area contributed by atoms with Crippen molar-refractivity contribution in [3.8, 4) is 0 Å². The second kappa shape index (κ2) is 12.3. The monoisotopic (exact) mass is 491 g/mol. The Hall–Kier alpha value is -4.17. The Morgan fingerprint density at radius 1 is 0.857 bits per heavy atom. The molecule has 0 atom stereocenters. The highest BCUT2D eigenvalue weighted by atomic mass is 35.5. The molecule has 0 unspecified atom stereocenters. The van der Waals surface area contributed by atoms with Crippen LogP contribution in [0.2, 0.25) is 5.02 Å². The van der Waals surface area contributed by atoms with Crippen LogP contribution in [0, 0.1) is 0 Å². The van der Waals surface area contributed by atoms with Gasteiger partial charge in [-0.05, 0) is 67.9 Å². The van der Waals surface area contributed by atoms with Gasteiger partial charge in [0.05, 0.1) is 17.5 Å². The van der Waals surface area contributed by atoms with Crippen LogP contribution >= 0.6 is 11.6 Å². The third kappa shape index (κ3) is 7.15. The van der Waals surface area contributed by atoms with Crippen molar-refractivity contribution in [3.05, 3.63) is 88.9 Å². The number of carbonyl (C=O) groups is 3. The van der Waals surface area contributed by atoms with Gasteiger partial charge in [0.15, 0.2) is 0 Å². The van der Waals surface area contributed by atoms with Crippen molar-refractivity contribution in [1.29, 1.82) is 0 Å². The molecule has 0 spiro atoms. The van der Waals surface area contributed by atoms with Crippen molar-refractivity contribution in [1.82, 2.24) is 5.43 Å². The number of rotatable bonds is 8. The molecular formula is C26H26ClN5O3. The van der Waals surface area contributed by atoms with E-state index in [2.05, 4.69) is 39.9 Å². The average Bonchev–Trinajstić information content (AvgIpc) is 2.87. The number of nitrogens with zero attached hydrogens (tertiary/aromatic N) is 2. The molecule has 0 saturated carbocycles. The number of anilines is 3. The summed E-state index contributed by atoms with van der Waals surface area (Å²) in [6, 6.07) is 20.7. The van der Waals surface area contributed by atoms with Gasteiger partial charge in [0.1, 0.15) is 0 Å². The van der Waals surface area contributed by atoms with E-state index in [-0.39, 0.29) is 11.3 Å². The first kappa shape index (κ1) is 25.5. The van der Waals surface area contributed by atoms with Gasteiger partial charge in [-0.3, -0.25) is 14.4 Å². The topological polar surface area (TPSA) is 103 Å². The maximum absolute atomic E-state index is 12.7. The third-order valence-electron chi connectivity index (χ3n) is 5.13. The van der Waals surface area contributed by atoms with Crippen molar-refractivity contribution < 1.29 is 14.4 Å². The fourth-order valence-corrected chi connectivity index (χ4v) is 3.40. The lowest BCUT2D eigenvalue weighted by molar-refractivity contribution is -0.136. The first-order valence-corrected chi connectivity index (χ1v) is 11.4. The fourth-order valence-electron chi connectivity index (χ4n) is 3.28. The largest absolute Gasteiger partial charge is 0.372 e. The van der Waals surface area contributed by atoms with Crippen LogP contribution in [0.3, 0.4) is 0 Å². The Kier molecular flexibility index (Phi) is 8.97. The number of benzene rings is 3. The Morgan fingerprint density at radius 3 is 2.17 bits per heavy atom. The molecule has 9 heteroatoms. The molecule has 180 valence electrons. The van der Waals surface area contributed by atoms with Gasteiger partial charge in [-0.1, -0.05) is 35.9 Å². The summed E-state index contributed by atoms with van der Waals surface area (Å²) in [5.41, 5.74) is 4.99. The number of amides is 3. The van der Waals surface area contributed by atoms with E-state index in [1.807, 2.05) is 24.3 Å². The maximum atomic E-state index is 12.7. The van der Waals surface area contributed by atoms with E-state index in [1.165, 1.54) is 12.3 Å². The quantitative estimate of drug-likeness (QED) is 0.245. The average molecular weight is 492 g/mol. The number of hydrogen-bond donors (Lipinski definition) is 3. The minimum atomic E-state index is -0.964. The molecule has 3 rings (SSSR count). The van der Waals surface area contributed by atoms with Crippen LogP contribution < -0.4 is 21.0 Å². The van der Waals surface area contributed by atoms with Gasteiger partial charge >= 0.3 is 11.8 Å². The van der Waals surface area contributed by atoms with Gasteiger partial charge in [0, 0.05) is 29.5 Å². The molecule has 0 aromatic heterocycles. The molecule has 0 radical (unpaired) electrons. The lowest BCUT2D eigenvalue weighted by atomic mass is 10.1. The lowest BCUT2D eigenvalue weighted by Gasteiger charge is -2.20. The van der Waals surface area contributed by atoms with Crippen LogP contribution in [0.4, 0.5) is 17.1 Å². The first-order chi connectivity index (χ1) is 16.9. The molecule has 0 saturated heterocycles. The van der Waals surface area contributed by atoms with E-state index in [4.69, 9.17) is 11.6 Å². The predicted molar refractivity (Wildman–Crippen MR) is 140 cm³/mol. The summed E-state index contributed by atoms with van der Waals surface area (Å²) in [6.07, 6.45) is 1.45. The van der Waals surface area contributed by atoms with E-state index < -0.39 is 17.7 Å². The van der Waals surface area contributed by atoms with Gasteiger partial charge in [-0.2, -0.15) is 5.10 Å². The minimum Gasteiger partial charge on any atom is -0.372 e. The zero-order chi connectivity index (χ0) is 25.2. The highest BCUT2D eigenvalue weighted by Gasteiger charge is 2.17. The number of hydrazone groups is 1. The van der Waals surface area contributed by atoms with E-state index >= 15 is 0 Å². The molecule has 3 aromatic carbocycles. The van der Waals surface area contributed by atoms with Crippen LogP contribution in [-0.4, -0.2) is 37.0 Å². The summed E-state index contributed by atoms with van der Waals surface area (Å²) in [7, 11) is 0. The van der Waals surface area contributed by atoms with Crippen LogP contribution in [0.15, 0.2) is 77.9 Å². The van der Waals surface area contributed by atoms with Crippen molar-refractivity contribution in [2.45, 2.75) is 13.8 Å². The van der Waals surface area contributed by atoms with Gasteiger partial charge in [-0.15, -0.1) is 0 Å². The number of halogens is 1. The van der Waals surface area contributed by atoms with Gasteiger partial charge in [0.2, 0.25) is 0 Å². The van der Waals surface area contributed by atoms with E-state index in [9.17, 15) is 14.4 Å². The normalized spacial score (nSPS) is 10.6. The highest BCUT2D eigenvalue weighted by molar-refractivity contribution is 6.40.